The largest absolute Gasteiger partial charge is 0.322 e. The molecule has 0 bridgehead atoms. The van der Waals surface area contributed by atoms with Gasteiger partial charge in [0.25, 0.3) is 0 Å². The van der Waals surface area contributed by atoms with Crippen molar-refractivity contribution < 1.29 is 4.79 Å². The van der Waals surface area contributed by atoms with E-state index in [-0.39, 0.29) is 6.03 Å². The third kappa shape index (κ3) is 4.52. The number of carbonyl (C=O) groups is 1. The summed E-state index contributed by atoms with van der Waals surface area (Å²) in [7, 11) is 0. The van der Waals surface area contributed by atoms with E-state index in [0.717, 1.165) is 47.0 Å². The topological polar surface area (TPSA) is 66.3 Å². The van der Waals surface area contributed by atoms with Crippen molar-refractivity contribution in [1.29, 1.82) is 0 Å². The van der Waals surface area contributed by atoms with Gasteiger partial charge in [0.1, 0.15) is 11.3 Å². The van der Waals surface area contributed by atoms with Crippen molar-refractivity contribution in [3.63, 3.8) is 0 Å². The quantitative estimate of drug-likeness (QED) is 0.486. The molecule has 2 aromatic heterocycles. The smallest absolute Gasteiger partial charge is 0.321 e. The van der Waals surface area contributed by atoms with Crippen LogP contribution < -0.4 is 5.32 Å². The maximum Gasteiger partial charge on any atom is 0.321 e. The van der Waals surface area contributed by atoms with Crippen molar-refractivity contribution in [1.82, 2.24) is 24.3 Å². The van der Waals surface area contributed by atoms with Crippen LogP contribution in [0.15, 0.2) is 60.8 Å². The van der Waals surface area contributed by atoms with Gasteiger partial charge in [0.2, 0.25) is 0 Å². The van der Waals surface area contributed by atoms with E-state index >= 15 is 0 Å². The van der Waals surface area contributed by atoms with Gasteiger partial charge in [-0.2, -0.15) is 0 Å². The summed E-state index contributed by atoms with van der Waals surface area (Å²) in [6, 6.07) is 18.4. The summed E-state index contributed by atoms with van der Waals surface area (Å²) in [6.45, 7) is 9.83. The van der Waals surface area contributed by atoms with Crippen LogP contribution in [0.3, 0.4) is 0 Å². The molecule has 2 aromatic carbocycles. The summed E-state index contributed by atoms with van der Waals surface area (Å²) in [5.74, 6) is 0.964. The number of amides is 2. The van der Waals surface area contributed by atoms with Crippen LogP contribution in [-0.4, -0.2) is 56.5 Å². The first-order chi connectivity index (χ1) is 16.5. The molecule has 4 aromatic rings. The van der Waals surface area contributed by atoms with Crippen LogP contribution in [0.1, 0.15) is 22.5 Å². The van der Waals surface area contributed by atoms with E-state index in [1.807, 2.05) is 42.3 Å². The number of hydrogen-bond acceptors (Lipinski definition) is 4. The molecule has 7 heteroatoms. The van der Waals surface area contributed by atoms with Crippen LogP contribution in [0.4, 0.5) is 10.5 Å². The van der Waals surface area contributed by atoms with Crippen molar-refractivity contribution in [2.24, 2.45) is 0 Å². The molecular weight excluding hydrogens is 424 g/mol. The number of urea groups is 1. The summed E-state index contributed by atoms with van der Waals surface area (Å²) in [5, 5.41) is 3.07. The van der Waals surface area contributed by atoms with Gasteiger partial charge in [-0.15, -0.1) is 0 Å². The first-order valence-electron chi connectivity index (χ1n) is 11.7. The minimum absolute atomic E-state index is 0.0392. The van der Waals surface area contributed by atoms with E-state index in [4.69, 9.17) is 4.98 Å². The zero-order valence-electron chi connectivity index (χ0n) is 20.0. The fourth-order valence-electron chi connectivity index (χ4n) is 4.49. The SMILES string of the molecule is Cc1ccc(-n2c(CN3CCN(C(=O)Nc4ccc(C)cc4C)CC3)nc3cccnc32)cc1. The Bertz CT molecular complexity index is 1320. The summed E-state index contributed by atoms with van der Waals surface area (Å²) in [6.07, 6.45) is 1.81. The minimum atomic E-state index is -0.0392. The van der Waals surface area contributed by atoms with Crippen LogP contribution in [0.5, 0.6) is 0 Å². The molecule has 174 valence electrons. The van der Waals surface area contributed by atoms with Crippen LogP contribution in [-0.2, 0) is 6.54 Å². The van der Waals surface area contributed by atoms with Gasteiger partial charge in [-0.25, -0.2) is 14.8 Å². The lowest BCUT2D eigenvalue weighted by Gasteiger charge is -2.34. The molecule has 3 heterocycles. The lowest BCUT2D eigenvalue weighted by molar-refractivity contribution is 0.140. The second kappa shape index (κ2) is 9.27. The molecule has 5 rings (SSSR count). The molecule has 7 nitrogen and oxygen atoms in total. The molecule has 1 fully saturated rings. The van der Waals surface area contributed by atoms with Crippen molar-refractivity contribution in [3.8, 4) is 5.69 Å². The molecule has 1 N–H and O–H groups in total. The zero-order valence-corrected chi connectivity index (χ0v) is 20.0. The van der Waals surface area contributed by atoms with E-state index in [1.165, 1.54) is 11.1 Å². The minimum Gasteiger partial charge on any atom is -0.322 e. The third-order valence-corrected chi connectivity index (χ3v) is 6.43. The van der Waals surface area contributed by atoms with Crippen molar-refractivity contribution in [2.75, 3.05) is 31.5 Å². The van der Waals surface area contributed by atoms with Gasteiger partial charge in [-0.3, -0.25) is 9.47 Å². The molecule has 0 unspecified atom stereocenters. The molecule has 0 atom stereocenters. The van der Waals surface area contributed by atoms with Gasteiger partial charge in [-0.05, 0) is 56.7 Å². The first-order valence-corrected chi connectivity index (χ1v) is 11.7. The van der Waals surface area contributed by atoms with Gasteiger partial charge >= 0.3 is 6.03 Å². The second-order valence-electron chi connectivity index (χ2n) is 9.06. The molecule has 0 spiro atoms. The van der Waals surface area contributed by atoms with E-state index in [1.54, 1.807) is 0 Å². The summed E-state index contributed by atoms with van der Waals surface area (Å²) >= 11 is 0. The molecule has 34 heavy (non-hydrogen) atoms. The molecule has 0 saturated carbocycles. The lowest BCUT2D eigenvalue weighted by Crippen LogP contribution is -2.49. The Hall–Kier alpha value is -3.71. The molecular formula is C27H30N6O. The van der Waals surface area contributed by atoms with Gasteiger partial charge in [-0.1, -0.05) is 35.4 Å². The first kappa shape index (κ1) is 22.1. The Morgan fingerprint density at radius 1 is 0.941 bits per heavy atom. The fourth-order valence-corrected chi connectivity index (χ4v) is 4.49. The number of fused-ring (bicyclic) bond motifs is 1. The third-order valence-electron chi connectivity index (χ3n) is 6.43. The number of rotatable bonds is 4. The van der Waals surface area contributed by atoms with E-state index in [2.05, 4.69) is 63.9 Å². The number of carbonyl (C=O) groups excluding carboxylic acids is 1. The second-order valence-corrected chi connectivity index (χ2v) is 9.06. The monoisotopic (exact) mass is 454 g/mol. The number of hydrogen-bond donors (Lipinski definition) is 1. The highest BCUT2D eigenvalue weighted by Crippen LogP contribution is 2.22. The predicted octanol–water partition coefficient (Wildman–Crippen LogP) is 4.70. The van der Waals surface area contributed by atoms with Gasteiger partial charge < -0.3 is 10.2 Å². The number of pyridine rings is 1. The number of imidazole rings is 1. The van der Waals surface area contributed by atoms with Gasteiger partial charge in [0.05, 0.1) is 6.54 Å². The highest BCUT2D eigenvalue weighted by Gasteiger charge is 2.24. The molecule has 1 saturated heterocycles. The van der Waals surface area contributed by atoms with E-state index in [0.29, 0.717) is 19.6 Å². The zero-order chi connectivity index (χ0) is 23.7. The number of piperazine rings is 1. The fraction of sp³-hybridized carbons (Fsp3) is 0.296. The Kier molecular flexibility index (Phi) is 6.02. The molecule has 0 radical (unpaired) electrons. The maximum absolute atomic E-state index is 12.8. The van der Waals surface area contributed by atoms with Crippen LogP contribution in [0, 0.1) is 20.8 Å². The summed E-state index contributed by atoms with van der Waals surface area (Å²) in [4.78, 5) is 26.6. The Morgan fingerprint density at radius 3 is 2.41 bits per heavy atom. The Morgan fingerprint density at radius 2 is 1.68 bits per heavy atom. The average molecular weight is 455 g/mol. The van der Waals surface area contributed by atoms with Crippen molar-refractivity contribution in [2.45, 2.75) is 27.3 Å². The normalized spacial score (nSPS) is 14.5. The van der Waals surface area contributed by atoms with Gasteiger partial charge in [0, 0.05) is 43.8 Å². The number of nitrogens with zero attached hydrogens (tertiary/aromatic N) is 5. The predicted molar refractivity (Wildman–Crippen MR) is 135 cm³/mol. The number of anilines is 1. The van der Waals surface area contributed by atoms with Crippen molar-refractivity contribution >= 4 is 22.9 Å². The molecule has 2 amide bonds. The lowest BCUT2D eigenvalue weighted by atomic mass is 10.1. The van der Waals surface area contributed by atoms with Crippen LogP contribution in [0.2, 0.25) is 0 Å². The molecule has 1 aliphatic heterocycles. The van der Waals surface area contributed by atoms with Crippen LogP contribution >= 0.6 is 0 Å². The standard InChI is InChI=1S/C27H30N6O/c1-19-6-9-22(10-7-19)33-25(29-24-5-4-12-28-26(24)33)18-31-13-15-32(16-14-31)27(34)30-23-11-8-20(2)17-21(23)3/h4-12,17H,13-16,18H2,1-3H3,(H,30,34). The van der Waals surface area contributed by atoms with E-state index in [9.17, 15) is 4.79 Å². The Labute approximate surface area is 200 Å². The van der Waals surface area contributed by atoms with Crippen LogP contribution in [0.25, 0.3) is 16.9 Å². The molecule has 1 aliphatic rings. The highest BCUT2D eigenvalue weighted by molar-refractivity contribution is 5.90. The summed E-state index contributed by atoms with van der Waals surface area (Å²) in [5.41, 5.74) is 7.19. The van der Waals surface area contributed by atoms with E-state index < -0.39 is 0 Å². The number of nitrogens with one attached hydrogen (secondary N) is 1. The maximum atomic E-state index is 12.8. The average Bonchev–Trinajstić information content (AvgIpc) is 3.19. The number of aromatic nitrogens is 3. The number of aryl methyl sites for hydroxylation is 3. The number of benzene rings is 2. The van der Waals surface area contributed by atoms with Crippen molar-refractivity contribution in [3.05, 3.63) is 83.3 Å². The van der Waals surface area contributed by atoms with Gasteiger partial charge in [0.15, 0.2) is 5.65 Å². The Balaban J connectivity index is 1.28. The summed E-state index contributed by atoms with van der Waals surface area (Å²) < 4.78 is 2.15. The molecule has 0 aliphatic carbocycles. The highest BCUT2D eigenvalue weighted by atomic mass is 16.2.